The third-order valence-electron chi connectivity index (χ3n) is 6.41. The summed E-state index contributed by atoms with van der Waals surface area (Å²) in [5.74, 6) is -4.93. The fourth-order valence-electron chi connectivity index (χ4n) is 4.16. The molecule has 0 radical (unpaired) electrons. The van der Waals surface area contributed by atoms with E-state index in [-0.39, 0.29) is 30.2 Å². The van der Waals surface area contributed by atoms with Crippen LogP contribution in [0, 0.1) is 5.82 Å². The molecule has 0 fully saturated rings. The van der Waals surface area contributed by atoms with Crippen LogP contribution >= 0.6 is 23.4 Å². The first-order chi connectivity index (χ1) is 20.4. The number of aliphatic hydroxyl groups is 1. The van der Waals surface area contributed by atoms with Gasteiger partial charge in [0.15, 0.2) is 0 Å². The van der Waals surface area contributed by atoms with E-state index in [1.54, 1.807) is 24.3 Å². The minimum Gasteiger partial charge on any atom is -0.480 e. The Morgan fingerprint density at radius 1 is 1.12 bits per heavy atom. The summed E-state index contributed by atoms with van der Waals surface area (Å²) in [4.78, 5) is 51.9. The zero-order valence-electron chi connectivity index (χ0n) is 22.6. The molecule has 1 heterocycles. The standard InChI is InChI=1S/C27H30ClFN6O7S/c28-19-4-2-1-3-18(19)24(39)27(13-35-15-31-14-33-35,16-5-7-17(29)8-6-16)43-12-21(25(40)32-11-23(37)38)34-22(36)10-9-20(30)26(41)42/h1-8,14-15,20-21,24,39H,9-13,30H2,(H,32,40)(H,34,36)(H,37,38)(H,41,42)/t20-,21-,24+,27+/m0/s1. The van der Waals surface area contributed by atoms with E-state index in [0.29, 0.717) is 11.1 Å². The Kier molecular flexibility index (Phi) is 12.0. The van der Waals surface area contributed by atoms with E-state index < -0.39 is 59.0 Å². The van der Waals surface area contributed by atoms with Crippen LogP contribution in [0.3, 0.4) is 0 Å². The predicted molar refractivity (Wildman–Crippen MR) is 154 cm³/mol. The molecule has 3 rings (SSSR count). The maximum Gasteiger partial charge on any atom is 0.322 e. The first-order valence-corrected chi connectivity index (χ1v) is 14.2. The van der Waals surface area contributed by atoms with Gasteiger partial charge in [-0.3, -0.25) is 23.9 Å². The second-order valence-electron chi connectivity index (χ2n) is 9.44. The number of benzene rings is 2. The molecule has 2 amide bonds. The molecule has 16 heteroatoms. The van der Waals surface area contributed by atoms with Crippen molar-refractivity contribution in [3.63, 3.8) is 0 Å². The van der Waals surface area contributed by atoms with Crippen LogP contribution in [0.5, 0.6) is 0 Å². The van der Waals surface area contributed by atoms with Crippen LogP contribution in [0.4, 0.5) is 4.39 Å². The van der Waals surface area contributed by atoms with E-state index in [1.807, 2.05) is 0 Å². The molecular formula is C27H30ClFN6O7S. The van der Waals surface area contributed by atoms with E-state index in [9.17, 15) is 28.7 Å². The van der Waals surface area contributed by atoms with E-state index in [1.165, 1.54) is 41.6 Å². The normalized spacial score (nSPS) is 14.6. The molecule has 0 unspecified atom stereocenters. The second-order valence-corrected chi connectivity index (χ2v) is 11.2. The minimum atomic E-state index is -1.42. The van der Waals surface area contributed by atoms with Crippen molar-refractivity contribution in [1.29, 1.82) is 0 Å². The fourth-order valence-corrected chi connectivity index (χ4v) is 5.91. The number of amides is 2. The predicted octanol–water partition coefficient (Wildman–Crippen LogP) is 1.31. The molecule has 0 aliphatic rings. The molecule has 0 aliphatic carbocycles. The summed E-state index contributed by atoms with van der Waals surface area (Å²) >= 11 is 7.48. The number of aliphatic carboxylic acids is 2. The van der Waals surface area contributed by atoms with Crippen LogP contribution in [0.2, 0.25) is 5.02 Å². The Labute approximate surface area is 254 Å². The number of carboxylic acids is 2. The third kappa shape index (κ3) is 9.22. The fraction of sp³-hybridized carbons (Fsp3) is 0.333. The summed E-state index contributed by atoms with van der Waals surface area (Å²) in [5, 5.41) is 39.1. The number of carbonyl (C=O) groups is 4. The van der Waals surface area contributed by atoms with Gasteiger partial charge < -0.3 is 31.7 Å². The highest BCUT2D eigenvalue weighted by Gasteiger charge is 2.44. The van der Waals surface area contributed by atoms with E-state index in [2.05, 4.69) is 20.7 Å². The molecule has 0 saturated carbocycles. The molecule has 0 aliphatic heterocycles. The lowest BCUT2D eigenvalue weighted by Gasteiger charge is -2.39. The van der Waals surface area contributed by atoms with E-state index >= 15 is 0 Å². The lowest BCUT2D eigenvalue weighted by atomic mass is 9.87. The Hall–Kier alpha value is -4.05. The van der Waals surface area contributed by atoms with Gasteiger partial charge in [-0.15, -0.1) is 11.8 Å². The van der Waals surface area contributed by atoms with Crippen molar-refractivity contribution >= 4 is 47.1 Å². The Balaban J connectivity index is 2.03. The average Bonchev–Trinajstić information content (AvgIpc) is 3.49. The van der Waals surface area contributed by atoms with Crippen molar-refractivity contribution in [1.82, 2.24) is 25.4 Å². The number of rotatable bonds is 16. The minimum absolute atomic E-state index is 0.0550. The molecule has 0 saturated heterocycles. The molecule has 2 aromatic carbocycles. The summed E-state index contributed by atoms with van der Waals surface area (Å²) < 4.78 is 14.0. The number of halogens is 2. The summed E-state index contributed by atoms with van der Waals surface area (Å²) in [6.07, 6.45) is 0.766. The number of carbonyl (C=O) groups excluding carboxylic acids is 2. The number of aliphatic hydroxyl groups excluding tert-OH is 1. The maximum absolute atomic E-state index is 14.0. The summed E-state index contributed by atoms with van der Waals surface area (Å²) in [7, 11) is 0. The molecular weight excluding hydrogens is 607 g/mol. The van der Waals surface area contributed by atoms with Crippen molar-refractivity contribution in [2.24, 2.45) is 5.73 Å². The molecule has 4 atom stereocenters. The zero-order valence-corrected chi connectivity index (χ0v) is 24.2. The number of hydrogen-bond donors (Lipinski definition) is 6. The average molecular weight is 637 g/mol. The Morgan fingerprint density at radius 3 is 2.42 bits per heavy atom. The van der Waals surface area contributed by atoms with Gasteiger partial charge in [-0.2, -0.15) is 5.10 Å². The van der Waals surface area contributed by atoms with Gasteiger partial charge in [0.05, 0.1) is 11.3 Å². The van der Waals surface area contributed by atoms with Gasteiger partial charge in [0.2, 0.25) is 11.8 Å². The van der Waals surface area contributed by atoms with Crippen LogP contribution in [0.25, 0.3) is 0 Å². The number of thioether (sulfide) groups is 1. The van der Waals surface area contributed by atoms with Crippen molar-refractivity contribution in [3.05, 3.63) is 83.2 Å². The van der Waals surface area contributed by atoms with E-state index in [4.69, 9.17) is 27.5 Å². The van der Waals surface area contributed by atoms with Crippen molar-refractivity contribution in [2.75, 3.05) is 12.3 Å². The number of aromatic nitrogens is 3. The molecule has 43 heavy (non-hydrogen) atoms. The van der Waals surface area contributed by atoms with Gasteiger partial charge in [-0.1, -0.05) is 41.9 Å². The number of nitrogens with two attached hydrogens (primary N) is 1. The van der Waals surface area contributed by atoms with Crippen molar-refractivity contribution < 1.29 is 38.9 Å². The third-order valence-corrected chi connectivity index (χ3v) is 8.36. The lowest BCUT2D eigenvalue weighted by Crippen LogP contribution is -2.50. The highest BCUT2D eigenvalue weighted by atomic mass is 35.5. The van der Waals surface area contributed by atoms with Gasteiger partial charge in [-0.05, 0) is 30.2 Å². The van der Waals surface area contributed by atoms with Crippen LogP contribution in [-0.4, -0.2) is 78.2 Å². The summed E-state index contributed by atoms with van der Waals surface area (Å²) in [5.41, 5.74) is 6.23. The van der Waals surface area contributed by atoms with Crippen molar-refractivity contribution in [2.45, 2.75) is 42.3 Å². The summed E-state index contributed by atoms with van der Waals surface area (Å²) in [6, 6.07) is 9.23. The quantitative estimate of drug-likeness (QED) is 0.132. The monoisotopic (exact) mass is 636 g/mol. The van der Waals surface area contributed by atoms with Crippen molar-refractivity contribution in [3.8, 4) is 0 Å². The van der Waals surface area contributed by atoms with Crippen LogP contribution in [0.1, 0.15) is 30.1 Å². The highest BCUT2D eigenvalue weighted by Crippen LogP contribution is 2.49. The van der Waals surface area contributed by atoms with Crippen LogP contribution in [-0.2, 0) is 30.5 Å². The Morgan fingerprint density at radius 2 is 1.81 bits per heavy atom. The van der Waals surface area contributed by atoms with Gasteiger partial charge in [0.25, 0.3) is 0 Å². The maximum atomic E-state index is 14.0. The molecule has 230 valence electrons. The first-order valence-electron chi connectivity index (χ1n) is 12.8. The topological polar surface area (TPSA) is 210 Å². The smallest absolute Gasteiger partial charge is 0.322 e. The first kappa shape index (κ1) is 33.5. The molecule has 3 aromatic rings. The number of hydrogen-bond acceptors (Lipinski definition) is 9. The van der Waals surface area contributed by atoms with E-state index in [0.717, 1.165) is 11.8 Å². The van der Waals surface area contributed by atoms with Gasteiger partial charge >= 0.3 is 11.9 Å². The van der Waals surface area contributed by atoms with Gasteiger partial charge in [0.1, 0.15) is 43.2 Å². The number of carboxylic acid groups (broad SMARTS) is 2. The lowest BCUT2D eigenvalue weighted by molar-refractivity contribution is -0.139. The number of nitrogens with zero attached hydrogens (tertiary/aromatic N) is 3. The highest BCUT2D eigenvalue weighted by molar-refractivity contribution is 8.00. The van der Waals surface area contributed by atoms with Crippen LogP contribution < -0.4 is 16.4 Å². The Bertz CT molecular complexity index is 1420. The zero-order chi connectivity index (χ0) is 31.6. The molecule has 1 aromatic heterocycles. The summed E-state index contributed by atoms with van der Waals surface area (Å²) in [6.45, 7) is -0.787. The largest absolute Gasteiger partial charge is 0.480 e. The molecule has 7 N–H and O–H groups in total. The number of nitrogens with one attached hydrogen (secondary N) is 2. The van der Waals surface area contributed by atoms with Gasteiger partial charge in [0, 0.05) is 22.8 Å². The van der Waals surface area contributed by atoms with Crippen LogP contribution in [0.15, 0.2) is 61.2 Å². The SMILES string of the molecule is N[C@@H](CCC(=O)N[C@@H](CS[C@](Cn1cncn1)(c1ccc(F)cc1)[C@H](O)c1ccccc1Cl)C(=O)NCC(=O)O)C(=O)O. The second kappa shape index (κ2) is 15.4. The van der Waals surface area contributed by atoms with Gasteiger partial charge in [-0.25, -0.2) is 9.37 Å². The molecule has 0 bridgehead atoms. The molecule has 0 spiro atoms. The molecule has 13 nitrogen and oxygen atoms in total.